The number of carbonyl (C=O) groups excluding carboxylic acids is 1. The highest BCUT2D eigenvalue weighted by Crippen LogP contribution is 2.30. The van der Waals surface area contributed by atoms with E-state index in [-0.39, 0.29) is 5.91 Å². The van der Waals surface area contributed by atoms with Crippen molar-refractivity contribution in [1.82, 2.24) is 9.88 Å². The zero-order valence-electron chi connectivity index (χ0n) is 17.2. The fourth-order valence-electron chi connectivity index (χ4n) is 3.55. The average Bonchev–Trinajstić information content (AvgIpc) is 3.12. The van der Waals surface area contributed by atoms with Crippen LogP contribution in [-0.4, -0.2) is 47.2 Å². The molecule has 4 nitrogen and oxygen atoms in total. The summed E-state index contributed by atoms with van der Waals surface area (Å²) in [7, 11) is 0. The molecule has 1 saturated heterocycles. The Hall–Kier alpha value is -2.05. The number of fused-ring (bicyclic) bond motifs is 1. The third kappa shape index (κ3) is 4.93. The van der Waals surface area contributed by atoms with Gasteiger partial charge in [0.2, 0.25) is 5.91 Å². The number of thiazole rings is 1. The van der Waals surface area contributed by atoms with E-state index in [0.29, 0.717) is 11.7 Å². The van der Waals surface area contributed by atoms with Gasteiger partial charge in [0.15, 0.2) is 5.13 Å². The van der Waals surface area contributed by atoms with Crippen molar-refractivity contribution in [2.24, 2.45) is 0 Å². The van der Waals surface area contributed by atoms with Gasteiger partial charge in [-0.25, -0.2) is 4.98 Å². The van der Waals surface area contributed by atoms with E-state index in [2.05, 4.69) is 68.1 Å². The van der Waals surface area contributed by atoms with Gasteiger partial charge in [0.05, 0.1) is 16.6 Å². The van der Waals surface area contributed by atoms with Crippen LogP contribution in [0, 0.1) is 6.92 Å². The van der Waals surface area contributed by atoms with Crippen LogP contribution in [0.1, 0.15) is 25.0 Å². The third-order valence-corrected chi connectivity index (χ3v) is 7.18. The van der Waals surface area contributed by atoms with E-state index in [0.717, 1.165) is 42.4 Å². The van der Waals surface area contributed by atoms with Crippen molar-refractivity contribution in [2.75, 3.05) is 31.1 Å². The summed E-state index contributed by atoms with van der Waals surface area (Å²) in [6.45, 7) is 9.70. The molecule has 1 aliphatic rings. The van der Waals surface area contributed by atoms with Crippen LogP contribution >= 0.6 is 23.1 Å². The minimum absolute atomic E-state index is 0.217. The molecule has 0 bridgehead atoms. The molecule has 0 N–H and O–H groups in total. The Morgan fingerprint density at radius 2 is 1.83 bits per heavy atom. The monoisotopic (exact) mass is 425 g/mol. The van der Waals surface area contributed by atoms with Crippen LogP contribution in [0.4, 0.5) is 5.13 Å². The van der Waals surface area contributed by atoms with E-state index in [4.69, 9.17) is 4.98 Å². The quantitative estimate of drug-likeness (QED) is 0.539. The fourth-order valence-corrected chi connectivity index (χ4v) is 5.50. The summed E-state index contributed by atoms with van der Waals surface area (Å²) in [6, 6.07) is 14.8. The molecule has 152 valence electrons. The predicted octanol–water partition coefficient (Wildman–Crippen LogP) is 5.00. The molecule has 0 spiro atoms. The molecule has 29 heavy (non-hydrogen) atoms. The second-order valence-corrected chi connectivity index (χ2v) is 10.5. The second kappa shape index (κ2) is 8.76. The van der Waals surface area contributed by atoms with E-state index in [9.17, 15) is 4.79 Å². The molecule has 1 aromatic heterocycles. The Morgan fingerprint density at radius 3 is 2.52 bits per heavy atom. The summed E-state index contributed by atoms with van der Waals surface area (Å²) in [4.78, 5) is 23.1. The molecule has 1 fully saturated rings. The first-order valence-corrected chi connectivity index (χ1v) is 11.8. The first kappa shape index (κ1) is 20.2. The molecule has 0 aliphatic carbocycles. The first-order valence-electron chi connectivity index (χ1n) is 10.1. The van der Waals surface area contributed by atoms with Crippen LogP contribution in [0.3, 0.4) is 0 Å². The van der Waals surface area contributed by atoms with Crippen molar-refractivity contribution >= 4 is 44.4 Å². The zero-order valence-corrected chi connectivity index (χ0v) is 18.9. The van der Waals surface area contributed by atoms with E-state index < -0.39 is 0 Å². The Labute approximate surface area is 180 Å². The lowest BCUT2D eigenvalue weighted by molar-refractivity contribution is -0.130. The van der Waals surface area contributed by atoms with E-state index in [1.807, 2.05) is 16.7 Å². The van der Waals surface area contributed by atoms with E-state index in [1.165, 1.54) is 15.2 Å². The summed E-state index contributed by atoms with van der Waals surface area (Å²) in [5, 5.41) is 1.63. The molecule has 3 aromatic rings. The number of benzene rings is 2. The van der Waals surface area contributed by atoms with Crippen molar-refractivity contribution in [2.45, 2.75) is 37.3 Å². The first-order chi connectivity index (χ1) is 14.0. The van der Waals surface area contributed by atoms with Gasteiger partial charge in [-0.1, -0.05) is 43.4 Å². The number of piperazine rings is 1. The molecular formula is C23H27N3OS2. The number of hydrogen-bond acceptors (Lipinski definition) is 5. The lowest BCUT2D eigenvalue weighted by Gasteiger charge is -2.34. The molecule has 0 unspecified atom stereocenters. The van der Waals surface area contributed by atoms with Crippen molar-refractivity contribution in [3.8, 4) is 0 Å². The van der Waals surface area contributed by atoms with Crippen molar-refractivity contribution in [1.29, 1.82) is 0 Å². The number of aromatic nitrogens is 1. The minimum atomic E-state index is 0.217. The molecular weight excluding hydrogens is 398 g/mol. The smallest absolute Gasteiger partial charge is 0.227 e. The maximum atomic E-state index is 12.7. The minimum Gasteiger partial charge on any atom is -0.345 e. The lowest BCUT2D eigenvalue weighted by atomic mass is 10.1. The van der Waals surface area contributed by atoms with Gasteiger partial charge in [-0.2, -0.15) is 0 Å². The van der Waals surface area contributed by atoms with Crippen molar-refractivity contribution in [3.63, 3.8) is 0 Å². The molecule has 6 heteroatoms. The Morgan fingerprint density at radius 1 is 1.10 bits per heavy atom. The summed E-state index contributed by atoms with van der Waals surface area (Å²) in [5.74, 6) is 0.217. The van der Waals surface area contributed by atoms with E-state index >= 15 is 0 Å². The molecule has 2 heterocycles. The van der Waals surface area contributed by atoms with Crippen LogP contribution in [0.25, 0.3) is 10.2 Å². The molecule has 0 saturated carbocycles. The molecule has 2 aromatic carbocycles. The van der Waals surface area contributed by atoms with Crippen molar-refractivity contribution < 1.29 is 4.79 Å². The van der Waals surface area contributed by atoms with Gasteiger partial charge in [0, 0.05) is 36.3 Å². The summed E-state index contributed by atoms with van der Waals surface area (Å²) in [6.07, 6.45) is 0.479. The molecule has 4 rings (SSSR count). The highest BCUT2D eigenvalue weighted by Gasteiger charge is 2.23. The number of hydrogen-bond donors (Lipinski definition) is 0. The largest absolute Gasteiger partial charge is 0.345 e. The van der Waals surface area contributed by atoms with Crippen LogP contribution < -0.4 is 4.90 Å². The molecule has 1 amide bonds. The number of aryl methyl sites for hydroxylation is 1. The average molecular weight is 426 g/mol. The number of amides is 1. The van der Waals surface area contributed by atoms with Crippen LogP contribution in [-0.2, 0) is 11.2 Å². The fraction of sp³-hybridized carbons (Fsp3) is 0.391. The molecule has 0 radical (unpaired) electrons. The van der Waals surface area contributed by atoms with E-state index in [1.54, 1.807) is 11.3 Å². The topological polar surface area (TPSA) is 36.4 Å². The zero-order chi connectivity index (χ0) is 20.4. The number of carbonyl (C=O) groups is 1. The maximum absolute atomic E-state index is 12.7. The number of thioether (sulfide) groups is 1. The Kier molecular flexibility index (Phi) is 6.11. The summed E-state index contributed by atoms with van der Waals surface area (Å²) in [5.41, 5.74) is 3.42. The normalized spacial score (nSPS) is 14.8. The van der Waals surface area contributed by atoms with Crippen LogP contribution in [0.5, 0.6) is 0 Å². The van der Waals surface area contributed by atoms with Gasteiger partial charge in [0.25, 0.3) is 0 Å². The molecule has 1 aliphatic heterocycles. The lowest BCUT2D eigenvalue weighted by Crippen LogP contribution is -2.49. The van der Waals surface area contributed by atoms with Crippen LogP contribution in [0.15, 0.2) is 47.4 Å². The van der Waals surface area contributed by atoms with Crippen molar-refractivity contribution in [3.05, 3.63) is 53.6 Å². The second-order valence-electron chi connectivity index (χ2n) is 7.82. The van der Waals surface area contributed by atoms with Gasteiger partial charge in [-0.15, -0.1) is 11.8 Å². The van der Waals surface area contributed by atoms with Gasteiger partial charge in [-0.3, -0.25) is 4.79 Å². The Bertz CT molecular complexity index is 989. The number of anilines is 1. The highest BCUT2D eigenvalue weighted by molar-refractivity contribution is 7.99. The maximum Gasteiger partial charge on any atom is 0.227 e. The highest BCUT2D eigenvalue weighted by atomic mass is 32.2. The number of nitrogens with zero attached hydrogens (tertiary/aromatic N) is 3. The van der Waals surface area contributed by atoms with Crippen LogP contribution in [0.2, 0.25) is 0 Å². The molecule has 0 atom stereocenters. The Balaban J connectivity index is 1.33. The number of rotatable bonds is 5. The third-order valence-electron chi connectivity index (χ3n) is 5.09. The van der Waals surface area contributed by atoms with Gasteiger partial charge in [-0.05, 0) is 42.3 Å². The SMILES string of the molecule is Cc1ccc2nc(N3CCN(C(=O)Cc4ccc(SC(C)C)cc4)CC3)sc2c1. The van der Waals surface area contributed by atoms with Gasteiger partial charge in [0.1, 0.15) is 0 Å². The predicted molar refractivity (Wildman–Crippen MR) is 124 cm³/mol. The standard InChI is InChI=1S/C23H27N3OS2/c1-16(2)28-19-7-5-18(6-8-19)15-22(27)25-10-12-26(13-11-25)23-24-20-9-4-17(3)14-21(20)29-23/h4-9,14,16H,10-13,15H2,1-3H3. The van der Waals surface area contributed by atoms with Gasteiger partial charge >= 0.3 is 0 Å². The van der Waals surface area contributed by atoms with Gasteiger partial charge < -0.3 is 9.80 Å². The summed E-state index contributed by atoms with van der Waals surface area (Å²) < 4.78 is 1.23. The summed E-state index contributed by atoms with van der Waals surface area (Å²) >= 11 is 3.59.